The van der Waals surface area contributed by atoms with E-state index in [4.69, 9.17) is 16.3 Å². The third-order valence-electron chi connectivity index (χ3n) is 4.95. The SMILES string of the molecule is CCc1ncnc(-c2cccnc2Oc2ccc(Cl)c(NC(=O)c3cccc(OC(F)(F)C(F)F)c3)c2)n1. The van der Waals surface area contributed by atoms with Crippen molar-refractivity contribution in [1.29, 1.82) is 0 Å². The molecule has 0 atom stereocenters. The zero-order valence-corrected chi connectivity index (χ0v) is 20.3. The molecule has 0 aliphatic carbocycles. The first kappa shape index (κ1) is 26.7. The minimum absolute atomic E-state index is 0.129. The topological polar surface area (TPSA) is 99.1 Å². The van der Waals surface area contributed by atoms with Crippen LogP contribution in [0.2, 0.25) is 5.02 Å². The maximum atomic E-state index is 13.2. The van der Waals surface area contributed by atoms with Crippen molar-refractivity contribution in [2.45, 2.75) is 25.9 Å². The maximum Gasteiger partial charge on any atom is 0.461 e. The van der Waals surface area contributed by atoms with Crippen molar-refractivity contribution >= 4 is 23.2 Å². The van der Waals surface area contributed by atoms with Crippen molar-refractivity contribution in [3.8, 4) is 28.8 Å². The van der Waals surface area contributed by atoms with Gasteiger partial charge in [0.2, 0.25) is 5.88 Å². The molecule has 0 bridgehead atoms. The average Bonchev–Trinajstić information content (AvgIpc) is 2.90. The van der Waals surface area contributed by atoms with Crippen LogP contribution < -0.4 is 14.8 Å². The van der Waals surface area contributed by atoms with Gasteiger partial charge in [0.15, 0.2) is 5.82 Å². The molecule has 4 rings (SSSR count). The highest BCUT2D eigenvalue weighted by molar-refractivity contribution is 6.34. The van der Waals surface area contributed by atoms with E-state index in [-0.39, 0.29) is 27.9 Å². The molecule has 0 aliphatic heterocycles. The van der Waals surface area contributed by atoms with Crippen molar-refractivity contribution in [3.63, 3.8) is 0 Å². The lowest BCUT2D eigenvalue weighted by atomic mass is 10.2. The van der Waals surface area contributed by atoms with E-state index in [1.54, 1.807) is 18.2 Å². The van der Waals surface area contributed by atoms with Crippen LogP contribution in [0, 0.1) is 0 Å². The summed E-state index contributed by atoms with van der Waals surface area (Å²) in [4.78, 5) is 29.7. The van der Waals surface area contributed by atoms with E-state index in [1.165, 1.54) is 36.8 Å². The molecule has 4 aromatic rings. The highest BCUT2D eigenvalue weighted by Gasteiger charge is 2.44. The van der Waals surface area contributed by atoms with E-state index in [2.05, 4.69) is 30.0 Å². The van der Waals surface area contributed by atoms with Crippen LogP contribution in [0.1, 0.15) is 23.1 Å². The summed E-state index contributed by atoms with van der Waals surface area (Å²) in [5.41, 5.74) is 0.496. The first-order valence-corrected chi connectivity index (χ1v) is 11.4. The number of aromatic nitrogens is 4. The van der Waals surface area contributed by atoms with Gasteiger partial charge >= 0.3 is 12.5 Å². The van der Waals surface area contributed by atoms with Crippen LogP contribution in [-0.2, 0) is 6.42 Å². The lowest BCUT2D eigenvalue weighted by Gasteiger charge is -2.17. The number of hydrogen-bond acceptors (Lipinski definition) is 7. The molecule has 38 heavy (non-hydrogen) atoms. The first-order valence-electron chi connectivity index (χ1n) is 11.0. The minimum atomic E-state index is -4.71. The molecule has 0 unspecified atom stereocenters. The number of nitrogens with zero attached hydrogens (tertiary/aromatic N) is 4. The molecule has 13 heteroatoms. The average molecular weight is 548 g/mol. The largest absolute Gasteiger partial charge is 0.461 e. The highest BCUT2D eigenvalue weighted by Crippen LogP contribution is 2.33. The summed E-state index contributed by atoms with van der Waals surface area (Å²) in [5, 5.41) is 2.68. The molecule has 0 aliphatic rings. The Kier molecular flexibility index (Phi) is 8.01. The van der Waals surface area contributed by atoms with Gasteiger partial charge in [0.25, 0.3) is 5.91 Å². The van der Waals surface area contributed by atoms with Gasteiger partial charge in [0.1, 0.15) is 23.7 Å². The molecule has 0 saturated heterocycles. The molecular formula is C25H18ClF4N5O3. The summed E-state index contributed by atoms with van der Waals surface area (Å²) >= 11 is 6.22. The van der Waals surface area contributed by atoms with Crippen LogP contribution in [0.3, 0.4) is 0 Å². The fourth-order valence-corrected chi connectivity index (χ4v) is 3.31. The summed E-state index contributed by atoms with van der Waals surface area (Å²) in [5.74, 6) is 0.0212. The van der Waals surface area contributed by atoms with E-state index in [0.717, 1.165) is 12.1 Å². The molecule has 1 N–H and O–H groups in total. The van der Waals surface area contributed by atoms with E-state index in [9.17, 15) is 22.4 Å². The molecule has 1 amide bonds. The number of amides is 1. The molecular weight excluding hydrogens is 530 g/mol. The molecule has 0 fully saturated rings. The number of nitrogens with one attached hydrogen (secondary N) is 1. The second-order valence-corrected chi connectivity index (χ2v) is 8.03. The number of carbonyl (C=O) groups is 1. The Labute approximate surface area is 218 Å². The van der Waals surface area contributed by atoms with Crippen LogP contribution in [0.5, 0.6) is 17.4 Å². The van der Waals surface area contributed by atoms with Gasteiger partial charge in [-0.15, -0.1) is 0 Å². The Balaban J connectivity index is 1.55. The van der Waals surface area contributed by atoms with Crippen LogP contribution in [0.15, 0.2) is 67.1 Å². The quantitative estimate of drug-likeness (QED) is 0.241. The number of ether oxygens (including phenoxy) is 2. The zero-order chi connectivity index (χ0) is 27.3. The van der Waals surface area contributed by atoms with E-state index >= 15 is 0 Å². The third kappa shape index (κ3) is 6.32. The fourth-order valence-electron chi connectivity index (χ4n) is 3.14. The standard InChI is InChI=1S/C25H18ClF4N5O3/c1-2-20-32-13-33-21(35-20)17-7-4-10-31-23(17)37-15-8-9-18(26)19(12-15)34-22(36)14-5-3-6-16(11-14)38-25(29,30)24(27)28/h3-13,24H,2H2,1H3,(H,34,36). The number of carbonyl (C=O) groups excluding carboxylic acids is 1. The van der Waals surface area contributed by atoms with Crippen molar-refractivity contribution in [3.05, 3.63) is 83.5 Å². The molecule has 0 spiro atoms. The van der Waals surface area contributed by atoms with Gasteiger partial charge in [0, 0.05) is 24.2 Å². The van der Waals surface area contributed by atoms with Crippen LogP contribution >= 0.6 is 11.6 Å². The summed E-state index contributed by atoms with van der Waals surface area (Å²) in [6.07, 6.45) is -5.24. The van der Waals surface area contributed by atoms with Gasteiger partial charge in [-0.25, -0.2) is 19.9 Å². The number of halogens is 5. The molecule has 0 radical (unpaired) electrons. The van der Waals surface area contributed by atoms with Crippen molar-refractivity contribution < 1.29 is 31.8 Å². The minimum Gasteiger partial charge on any atom is -0.438 e. The number of rotatable bonds is 9. The van der Waals surface area contributed by atoms with Crippen molar-refractivity contribution in [1.82, 2.24) is 19.9 Å². The van der Waals surface area contributed by atoms with E-state index in [0.29, 0.717) is 23.6 Å². The molecule has 2 aromatic heterocycles. The van der Waals surface area contributed by atoms with E-state index < -0.39 is 24.2 Å². The fraction of sp³-hybridized carbons (Fsp3) is 0.160. The number of hydrogen-bond donors (Lipinski definition) is 1. The summed E-state index contributed by atoms with van der Waals surface area (Å²) in [7, 11) is 0. The number of benzene rings is 2. The predicted octanol–water partition coefficient (Wildman–Crippen LogP) is 6.43. The summed E-state index contributed by atoms with van der Waals surface area (Å²) in [6.45, 7) is 1.91. The Bertz CT molecular complexity index is 1460. The van der Waals surface area contributed by atoms with Crippen molar-refractivity contribution in [2.24, 2.45) is 0 Å². The highest BCUT2D eigenvalue weighted by atomic mass is 35.5. The third-order valence-corrected chi connectivity index (χ3v) is 5.28. The van der Waals surface area contributed by atoms with Crippen LogP contribution in [-0.4, -0.2) is 38.4 Å². The Morgan fingerprint density at radius 3 is 2.63 bits per heavy atom. The number of anilines is 1. The van der Waals surface area contributed by atoms with Gasteiger partial charge in [-0.05, 0) is 42.5 Å². The molecule has 2 heterocycles. The second kappa shape index (κ2) is 11.4. The molecule has 8 nitrogen and oxygen atoms in total. The Hall–Kier alpha value is -4.32. The Morgan fingerprint density at radius 2 is 1.87 bits per heavy atom. The lowest BCUT2D eigenvalue weighted by molar-refractivity contribution is -0.253. The lowest BCUT2D eigenvalue weighted by Crippen LogP contribution is -2.33. The monoisotopic (exact) mass is 547 g/mol. The van der Waals surface area contributed by atoms with Crippen LogP contribution in [0.25, 0.3) is 11.4 Å². The molecule has 2 aromatic carbocycles. The molecule has 0 saturated carbocycles. The maximum absolute atomic E-state index is 13.2. The normalized spacial score (nSPS) is 11.3. The van der Waals surface area contributed by atoms with Gasteiger partial charge < -0.3 is 14.8 Å². The first-order chi connectivity index (χ1) is 18.2. The second-order valence-electron chi connectivity index (χ2n) is 7.63. The van der Waals surface area contributed by atoms with Crippen molar-refractivity contribution in [2.75, 3.05) is 5.32 Å². The van der Waals surface area contributed by atoms with Gasteiger partial charge in [-0.1, -0.05) is 24.6 Å². The predicted molar refractivity (Wildman–Crippen MR) is 130 cm³/mol. The summed E-state index contributed by atoms with van der Waals surface area (Å²) < 4.78 is 61.3. The van der Waals surface area contributed by atoms with Crippen LogP contribution in [0.4, 0.5) is 23.2 Å². The zero-order valence-electron chi connectivity index (χ0n) is 19.5. The van der Waals surface area contributed by atoms with Gasteiger partial charge in [-0.2, -0.15) is 17.6 Å². The van der Waals surface area contributed by atoms with E-state index in [1.807, 2.05) is 6.92 Å². The van der Waals surface area contributed by atoms with Gasteiger partial charge in [-0.3, -0.25) is 4.79 Å². The smallest absolute Gasteiger partial charge is 0.438 e. The van der Waals surface area contributed by atoms with Gasteiger partial charge in [0.05, 0.1) is 16.3 Å². The molecule has 196 valence electrons. The summed E-state index contributed by atoms with van der Waals surface area (Å²) in [6, 6.07) is 12.3. The number of pyridine rings is 1. The number of aryl methyl sites for hydroxylation is 1. The Morgan fingerprint density at radius 1 is 1.05 bits per heavy atom. The number of alkyl halides is 4.